The second kappa shape index (κ2) is 5.01. The smallest absolute Gasteiger partial charge is 0.331 e. The van der Waals surface area contributed by atoms with E-state index in [0.29, 0.717) is 5.92 Å². The third kappa shape index (κ3) is 2.31. The number of carbonyl (C=O) groups excluding carboxylic acids is 1. The molecule has 2 nitrogen and oxygen atoms in total. The van der Waals surface area contributed by atoms with Crippen molar-refractivity contribution in [1.82, 2.24) is 0 Å². The Hall–Kier alpha value is -1.57. The van der Waals surface area contributed by atoms with E-state index in [1.54, 1.807) is 6.08 Å². The SMILES string of the molecule is CC1(C)[C@H]2CC[C@]1(C)[C@@H](OC(=O)/C=C/c1ccccc1)C2. The fourth-order valence-electron chi connectivity index (χ4n) is 4.22. The second-order valence-electron chi connectivity index (χ2n) is 7.28. The number of carbonyl (C=O) groups is 1. The molecule has 1 aromatic carbocycles. The van der Waals surface area contributed by atoms with Crippen LogP contribution in [0.2, 0.25) is 0 Å². The maximum absolute atomic E-state index is 12.1. The molecule has 2 aliphatic rings. The molecule has 0 unspecified atom stereocenters. The fourth-order valence-corrected chi connectivity index (χ4v) is 4.22. The zero-order valence-electron chi connectivity index (χ0n) is 13.1. The van der Waals surface area contributed by atoms with Gasteiger partial charge < -0.3 is 4.74 Å². The quantitative estimate of drug-likeness (QED) is 0.605. The molecule has 2 fully saturated rings. The monoisotopic (exact) mass is 284 g/mol. The number of hydrogen-bond donors (Lipinski definition) is 0. The summed E-state index contributed by atoms with van der Waals surface area (Å²) in [6.07, 6.45) is 6.91. The minimum absolute atomic E-state index is 0.0687. The van der Waals surface area contributed by atoms with Gasteiger partial charge in [0.1, 0.15) is 6.10 Å². The van der Waals surface area contributed by atoms with Crippen LogP contribution in [0.15, 0.2) is 36.4 Å². The van der Waals surface area contributed by atoms with Gasteiger partial charge in [0.05, 0.1) is 0 Å². The van der Waals surface area contributed by atoms with Crippen LogP contribution in [0.4, 0.5) is 0 Å². The van der Waals surface area contributed by atoms with Crippen LogP contribution in [0.5, 0.6) is 0 Å². The van der Waals surface area contributed by atoms with E-state index in [1.807, 2.05) is 36.4 Å². The van der Waals surface area contributed by atoms with Crippen LogP contribution in [-0.2, 0) is 9.53 Å². The number of fused-ring (bicyclic) bond motifs is 2. The molecular weight excluding hydrogens is 260 g/mol. The average molecular weight is 284 g/mol. The Morgan fingerprint density at radius 2 is 1.95 bits per heavy atom. The van der Waals surface area contributed by atoms with Gasteiger partial charge in [-0.3, -0.25) is 0 Å². The Bertz CT molecular complexity index is 558. The zero-order chi connectivity index (χ0) is 15.1. The first-order chi connectivity index (χ1) is 9.93. The maximum Gasteiger partial charge on any atom is 0.331 e. The lowest BCUT2D eigenvalue weighted by molar-refractivity contribution is -0.150. The molecule has 0 heterocycles. The number of benzene rings is 1. The summed E-state index contributed by atoms with van der Waals surface area (Å²) in [5.41, 5.74) is 1.43. The van der Waals surface area contributed by atoms with Gasteiger partial charge in [-0.15, -0.1) is 0 Å². The molecule has 0 saturated heterocycles. The summed E-state index contributed by atoms with van der Waals surface area (Å²) in [5.74, 6) is 0.479. The number of hydrogen-bond acceptors (Lipinski definition) is 2. The molecule has 2 saturated carbocycles. The van der Waals surface area contributed by atoms with Gasteiger partial charge in [0.2, 0.25) is 0 Å². The number of rotatable bonds is 3. The predicted molar refractivity (Wildman–Crippen MR) is 84.6 cm³/mol. The Kier molecular flexibility index (Phi) is 3.43. The summed E-state index contributed by atoms with van der Waals surface area (Å²) < 4.78 is 5.78. The third-order valence-electron chi connectivity index (χ3n) is 6.18. The summed E-state index contributed by atoms with van der Waals surface area (Å²) >= 11 is 0. The third-order valence-corrected chi connectivity index (χ3v) is 6.18. The first-order valence-corrected chi connectivity index (χ1v) is 7.87. The highest BCUT2D eigenvalue weighted by Crippen LogP contribution is 2.66. The van der Waals surface area contributed by atoms with Gasteiger partial charge in [-0.1, -0.05) is 51.1 Å². The normalized spacial score (nSPS) is 33.5. The van der Waals surface area contributed by atoms with E-state index in [4.69, 9.17) is 4.74 Å². The molecule has 0 aromatic heterocycles. The molecule has 0 aliphatic heterocycles. The van der Waals surface area contributed by atoms with Crippen molar-refractivity contribution in [1.29, 1.82) is 0 Å². The fraction of sp³-hybridized carbons (Fsp3) is 0.526. The molecule has 21 heavy (non-hydrogen) atoms. The van der Waals surface area contributed by atoms with Gasteiger partial charge in [-0.05, 0) is 42.2 Å². The van der Waals surface area contributed by atoms with E-state index in [9.17, 15) is 4.79 Å². The zero-order valence-corrected chi connectivity index (χ0v) is 13.1. The van der Waals surface area contributed by atoms with Crippen molar-refractivity contribution in [2.45, 2.75) is 46.1 Å². The van der Waals surface area contributed by atoms with Crippen LogP contribution in [0, 0.1) is 16.7 Å². The van der Waals surface area contributed by atoms with Crippen LogP contribution in [0.1, 0.15) is 45.6 Å². The van der Waals surface area contributed by atoms with Crippen molar-refractivity contribution in [2.24, 2.45) is 16.7 Å². The largest absolute Gasteiger partial charge is 0.459 e. The van der Waals surface area contributed by atoms with Crippen molar-refractivity contribution in [3.05, 3.63) is 42.0 Å². The highest BCUT2D eigenvalue weighted by molar-refractivity contribution is 5.87. The van der Waals surface area contributed by atoms with Crippen molar-refractivity contribution in [2.75, 3.05) is 0 Å². The molecule has 0 N–H and O–H groups in total. The van der Waals surface area contributed by atoms with Crippen LogP contribution >= 0.6 is 0 Å². The van der Waals surface area contributed by atoms with Crippen molar-refractivity contribution < 1.29 is 9.53 Å². The number of esters is 1. The molecule has 112 valence electrons. The molecule has 2 aliphatic carbocycles. The first-order valence-electron chi connectivity index (χ1n) is 7.87. The molecule has 1 aromatic rings. The van der Waals surface area contributed by atoms with Crippen LogP contribution < -0.4 is 0 Å². The molecule has 0 amide bonds. The summed E-state index contributed by atoms with van der Waals surface area (Å²) in [6.45, 7) is 6.95. The van der Waals surface area contributed by atoms with Gasteiger partial charge in [0.25, 0.3) is 0 Å². The van der Waals surface area contributed by atoms with Crippen LogP contribution in [0.25, 0.3) is 6.08 Å². The van der Waals surface area contributed by atoms with E-state index >= 15 is 0 Å². The highest BCUT2D eigenvalue weighted by Gasteiger charge is 2.62. The van der Waals surface area contributed by atoms with Gasteiger partial charge in [0.15, 0.2) is 0 Å². The second-order valence-corrected chi connectivity index (χ2v) is 7.28. The van der Waals surface area contributed by atoms with Crippen LogP contribution in [0.3, 0.4) is 0 Å². The topological polar surface area (TPSA) is 26.3 Å². The van der Waals surface area contributed by atoms with Gasteiger partial charge in [0, 0.05) is 11.5 Å². The molecule has 0 spiro atoms. The molecule has 0 radical (unpaired) electrons. The molecule has 2 bridgehead atoms. The summed E-state index contributed by atoms with van der Waals surface area (Å²) in [6, 6.07) is 9.85. The molecule has 3 atom stereocenters. The van der Waals surface area contributed by atoms with Gasteiger partial charge >= 0.3 is 5.97 Å². The summed E-state index contributed by atoms with van der Waals surface area (Å²) in [7, 11) is 0. The lowest BCUT2D eigenvalue weighted by Crippen LogP contribution is -2.38. The summed E-state index contributed by atoms with van der Waals surface area (Å²) in [5, 5.41) is 0. The van der Waals surface area contributed by atoms with Crippen molar-refractivity contribution >= 4 is 12.0 Å². The summed E-state index contributed by atoms with van der Waals surface area (Å²) in [4.78, 5) is 12.1. The van der Waals surface area contributed by atoms with Gasteiger partial charge in [-0.25, -0.2) is 4.79 Å². The Balaban J connectivity index is 1.66. The molecule has 3 rings (SSSR count). The Morgan fingerprint density at radius 1 is 1.24 bits per heavy atom. The number of ether oxygens (including phenoxy) is 1. The minimum Gasteiger partial charge on any atom is -0.459 e. The van der Waals surface area contributed by atoms with E-state index in [-0.39, 0.29) is 22.9 Å². The Morgan fingerprint density at radius 3 is 2.52 bits per heavy atom. The minimum atomic E-state index is -0.214. The van der Waals surface area contributed by atoms with Crippen LogP contribution in [-0.4, -0.2) is 12.1 Å². The van der Waals surface area contributed by atoms with Crippen molar-refractivity contribution in [3.8, 4) is 0 Å². The standard InChI is InChI=1S/C19H24O2/c1-18(2)15-11-12-19(18,3)16(13-15)21-17(20)10-9-14-7-5-4-6-8-14/h4-10,15-16H,11-13H2,1-3H3/b10-9+/t15-,16-,19+/m0/s1. The maximum atomic E-state index is 12.1. The highest BCUT2D eigenvalue weighted by atomic mass is 16.5. The van der Waals surface area contributed by atoms with E-state index in [0.717, 1.165) is 12.0 Å². The van der Waals surface area contributed by atoms with E-state index in [1.165, 1.54) is 12.8 Å². The van der Waals surface area contributed by atoms with E-state index < -0.39 is 0 Å². The molecular formula is C19H24O2. The molecule has 2 heteroatoms. The lowest BCUT2D eigenvalue weighted by Gasteiger charge is -2.38. The first kappa shape index (κ1) is 14.4. The average Bonchev–Trinajstić information content (AvgIpc) is 2.79. The predicted octanol–water partition coefficient (Wildman–Crippen LogP) is 4.46. The van der Waals surface area contributed by atoms with E-state index in [2.05, 4.69) is 20.8 Å². The Labute approximate surface area is 127 Å². The van der Waals surface area contributed by atoms with Gasteiger partial charge in [-0.2, -0.15) is 0 Å². The van der Waals surface area contributed by atoms with Crippen molar-refractivity contribution in [3.63, 3.8) is 0 Å². The lowest BCUT2D eigenvalue weighted by atomic mass is 9.70.